The molecule has 2 aromatic rings. The highest BCUT2D eigenvalue weighted by molar-refractivity contribution is 5.85. The summed E-state index contributed by atoms with van der Waals surface area (Å²) in [6.45, 7) is 6.64. The monoisotopic (exact) mass is 199 g/mol. The molecule has 15 heavy (non-hydrogen) atoms. The van der Waals surface area contributed by atoms with Crippen molar-refractivity contribution >= 4 is 10.9 Å². The van der Waals surface area contributed by atoms with E-state index in [4.69, 9.17) is 0 Å². The van der Waals surface area contributed by atoms with Gasteiger partial charge in [-0.15, -0.1) is 0 Å². The Hall–Kier alpha value is -1.37. The first kappa shape index (κ1) is 10.2. The lowest BCUT2D eigenvalue weighted by molar-refractivity contribution is 0.874. The van der Waals surface area contributed by atoms with Gasteiger partial charge >= 0.3 is 0 Å². The molecule has 0 radical (unpaired) electrons. The van der Waals surface area contributed by atoms with E-state index in [1.807, 2.05) is 12.3 Å². The minimum absolute atomic E-state index is 0.558. The van der Waals surface area contributed by atoms with Gasteiger partial charge in [-0.1, -0.05) is 39.0 Å². The smallest absolute Gasteiger partial charge is 0.0736 e. The van der Waals surface area contributed by atoms with Gasteiger partial charge < -0.3 is 0 Å². The average Bonchev–Trinajstić information content (AvgIpc) is 2.27. The predicted octanol–water partition coefficient (Wildman–Crippen LogP) is 3.92. The van der Waals surface area contributed by atoms with Gasteiger partial charge in [-0.05, 0) is 29.5 Å². The summed E-state index contributed by atoms with van der Waals surface area (Å²) < 4.78 is 0. The van der Waals surface area contributed by atoms with Crippen LogP contribution in [0.3, 0.4) is 0 Å². The van der Waals surface area contributed by atoms with E-state index >= 15 is 0 Å². The highest BCUT2D eigenvalue weighted by Gasteiger charge is 2.07. The normalized spacial score (nSPS) is 11.2. The van der Waals surface area contributed by atoms with Crippen LogP contribution >= 0.6 is 0 Å². The minimum atomic E-state index is 0.558. The molecule has 1 heterocycles. The zero-order chi connectivity index (χ0) is 10.8. The molecule has 0 atom stereocenters. The van der Waals surface area contributed by atoms with E-state index in [-0.39, 0.29) is 0 Å². The summed E-state index contributed by atoms with van der Waals surface area (Å²) in [4.78, 5) is 4.50. The van der Waals surface area contributed by atoms with Crippen molar-refractivity contribution in [3.63, 3.8) is 0 Å². The molecule has 0 saturated heterocycles. The van der Waals surface area contributed by atoms with E-state index in [0.29, 0.717) is 5.92 Å². The number of aryl methyl sites for hydroxylation is 1. The molecule has 0 aliphatic rings. The molecule has 2 rings (SSSR count). The topological polar surface area (TPSA) is 12.9 Å². The van der Waals surface area contributed by atoms with Crippen molar-refractivity contribution in [3.8, 4) is 0 Å². The Labute approximate surface area is 91.2 Å². The van der Waals surface area contributed by atoms with Crippen LogP contribution in [0, 0.1) is 0 Å². The van der Waals surface area contributed by atoms with E-state index in [0.717, 1.165) is 6.42 Å². The van der Waals surface area contributed by atoms with Crippen LogP contribution in [0.5, 0.6) is 0 Å². The van der Waals surface area contributed by atoms with Crippen LogP contribution in [0.15, 0.2) is 30.5 Å². The second-order valence-electron chi connectivity index (χ2n) is 4.22. The van der Waals surface area contributed by atoms with E-state index < -0.39 is 0 Å². The van der Waals surface area contributed by atoms with Crippen molar-refractivity contribution in [1.29, 1.82) is 0 Å². The van der Waals surface area contributed by atoms with Gasteiger partial charge in [0.1, 0.15) is 0 Å². The summed E-state index contributed by atoms with van der Waals surface area (Å²) in [5.41, 5.74) is 3.91. The summed E-state index contributed by atoms with van der Waals surface area (Å²) in [6, 6.07) is 8.66. The number of rotatable bonds is 2. The Morgan fingerprint density at radius 2 is 2.00 bits per heavy atom. The van der Waals surface area contributed by atoms with E-state index in [9.17, 15) is 0 Å². The van der Waals surface area contributed by atoms with Crippen LogP contribution in [0.1, 0.15) is 37.8 Å². The fourth-order valence-electron chi connectivity index (χ4n) is 2.04. The molecule has 0 saturated carbocycles. The van der Waals surface area contributed by atoms with Gasteiger partial charge in [0.15, 0.2) is 0 Å². The van der Waals surface area contributed by atoms with E-state index in [1.54, 1.807) is 0 Å². The summed E-state index contributed by atoms with van der Waals surface area (Å²) >= 11 is 0. The average molecular weight is 199 g/mol. The standard InChI is InChI=1S/C14H17N/c1-4-11-7-8-12(10(2)3)13-6-5-9-15-14(11)13/h5-10H,4H2,1-3H3. The number of aromatic nitrogens is 1. The maximum atomic E-state index is 4.50. The Morgan fingerprint density at radius 3 is 2.67 bits per heavy atom. The largest absolute Gasteiger partial charge is 0.256 e. The third-order valence-electron chi connectivity index (χ3n) is 2.89. The Morgan fingerprint density at radius 1 is 1.20 bits per heavy atom. The quantitative estimate of drug-likeness (QED) is 0.714. The zero-order valence-electron chi connectivity index (χ0n) is 9.62. The molecule has 1 aromatic heterocycles. The number of benzene rings is 1. The minimum Gasteiger partial charge on any atom is -0.256 e. The van der Waals surface area contributed by atoms with Crippen LogP contribution in [0.2, 0.25) is 0 Å². The van der Waals surface area contributed by atoms with Crippen LogP contribution < -0.4 is 0 Å². The number of hydrogen-bond donors (Lipinski definition) is 0. The SMILES string of the molecule is CCc1ccc(C(C)C)c2cccnc12. The predicted molar refractivity (Wildman–Crippen MR) is 65.2 cm³/mol. The number of nitrogens with zero attached hydrogens (tertiary/aromatic N) is 1. The molecular formula is C14H17N. The first-order valence-electron chi connectivity index (χ1n) is 5.60. The van der Waals surface area contributed by atoms with Crippen LogP contribution in [0.25, 0.3) is 10.9 Å². The molecule has 0 N–H and O–H groups in total. The molecule has 1 heteroatoms. The van der Waals surface area contributed by atoms with Gasteiger partial charge in [0.25, 0.3) is 0 Å². The van der Waals surface area contributed by atoms with Crippen molar-refractivity contribution in [1.82, 2.24) is 4.98 Å². The molecule has 1 nitrogen and oxygen atoms in total. The van der Waals surface area contributed by atoms with Crippen LogP contribution in [-0.4, -0.2) is 4.98 Å². The molecule has 0 unspecified atom stereocenters. The fourth-order valence-corrected chi connectivity index (χ4v) is 2.04. The van der Waals surface area contributed by atoms with E-state index in [1.165, 1.54) is 22.0 Å². The zero-order valence-corrected chi connectivity index (χ0v) is 9.62. The second-order valence-corrected chi connectivity index (χ2v) is 4.22. The number of pyridine rings is 1. The highest BCUT2D eigenvalue weighted by atomic mass is 14.6. The van der Waals surface area contributed by atoms with Gasteiger partial charge in [-0.25, -0.2) is 0 Å². The third kappa shape index (κ3) is 1.74. The Kier molecular flexibility index (Phi) is 2.72. The number of fused-ring (bicyclic) bond motifs is 1. The Balaban J connectivity index is 2.77. The first-order valence-corrected chi connectivity index (χ1v) is 5.60. The van der Waals surface area contributed by atoms with Crippen molar-refractivity contribution in [2.45, 2.75) is 33.1 Å². The lowest BCUT2D eigenvalue weighted by atomic mass is 9.95. The fraction of sp³-hybridized carbons (Fsp3) is 0.357. The molecule has 0 aliphatic heterocycles. The second kappa shape index (κ2) is 4.01. The highest BCUT2D eigenvalue weighted by Crippen LogP contribution is 2.26. The molecule has 1 aromatic carbocycles. The van der Waals surface area contributed by atoms with Crippen molar-refractivity contribution < 1.29 is 0 Å². The van der Waals surface area contributed by atoms with Gasteiger partial charge in [0.2, 0.25) is 0 Å². The molecule has 0 fully saturated rings. The molecule has 0 spiro atoms. The molecule has 78 valence electrons. The summed E-state index contributed by atoms with van der Waals surface area (Å²) in [7, 11) is 0. The van der Waals surface area contributed by atoms with Crippen molar-refractivity contribution in [2.24, 2.45) is 0 Å². The molecular weight excluding hydrogens is 182 g/mol. The van der Waals surface area contributed by atoms with Crippen molar-refractivity contribution in [3.05, 3.63) is 41.6 Å². The van der Waals surface area contributed by atoms with Gasteiger partial charge in [-0.2, -0.15) is 0 Å². The summed E-state index contributed by atoms with van der Waals surface area (Å²) in [5, 5.41) is 1.31. The van der Waals surface area contributed by atoms with Gasteiger partial charge in [-0.3, -0.25) is 4.98 Å². The molecule has 0 bridgehead atoms. The van der Waals surface area contributed by atoms with E-state index in [2.05, 4.69) is 44.0 Å². The lowest BCUT2D eigenvalue weighted by Gasteiger charge is -2.11. The maximum absolute atomic E-state index is 4.50. The number of hydrogen-bond acceptors (Lipinski definition) is 1. The van der Waals surface area contributed by atoms with Crippen LogP contribution in [0.4, 0.5) is 0 Å². The molecule has 0 amide bonds. The Bertz CT molecular complexity index is 472. The lowest BCUT2D eigenvalue weighted by Crippen LogP contribution is -1.94. The van der Waals surface area contributed by atoms with Crippen LogP contribution in [-0.2, 0) is 6.42 Å². The molecule has 0 aliphatic carbocycles. The van der Waals surface area contributed by atoms with Gasteiger partial charge in [0.05, 0.1) is 5.52 Å². The van der Waals surface area contributed by atoms with Gasteiger partial charge in [0, 0.05) is 11.6 Å². The summed E-state index contributed by atoms with van der Waals surface area (Å²) in [6.07, 6.45) is 2.93. The maximum Gasteiger partial charge on any atom is 0.0736 e. The summed E-state index contributed by atoms with van der Waals surface area (Å²) in [5.74, 6) is 0.558. The van der Waals surface area contributed by atoms with Crippen molar-refractivity contribution in [2.75, 3.05) is 0 Å². The third-order valence-corrected chi connectivity index (χ3v) is 2.89. The first-order chi connectivity index (χ1) is 7.24.